The van der Waals surface area contributed by atoms with Crippen molar-refractivity contribution in [2.45, 2.75) is 58.4 Å². The molecule has 0 aliphatic heterocycles. The molecule has 0 radical (unpaired) electrons. The van der Waals surface area contributed by atoms with Gasteiger partial charge in [-0.2, -0.15) is 0 Å². The normalized spacial score (nSPS) is 28.2. The lowest BCUT2D eigenvalue weighted by molar-refractivity contribution is 0.0896. The molecule has 2 N–H and O–H groups in total. The Labute approximate surface area is 94.6 Å². The van der Waals surface area contributed by atoms with Gasteiger partial charge in [0.1, 0.15) is 0 Å². The van der Waals surface area contributed by atoms with E-state index in [1.165, 1.54) is 38.5 Å². The van der Waals surface area contributed by atoms with E-state index in [1.54, 1.807) is 0 Å². The van der Waals surface area contributed by atoms with Crippen LogP contribution in [0.15, 0.2) is 0 Å². The second-order valence-corrected chi connectivity index (χ2v) is 5.11. The van der Waals surface area contributed by atoms with E-state index in [1.807, 2.05) is 0 Å². The van der Waals surface area contributed by atoms with Crippen LogP contribution in [0.1, 0.15) is 52.4 Å². The minimum Gasteiger partial charge on any atom is -0.381 e. The maximum atomic E-state index is 6.01. The van der Waals surface area contributed by atoms with Crippen LogP contribution in [-0.4, -0.2) is 19.3 Å². The summed E-state index contributed by atoms with van der Waals surface area (Å²) in [6.07, 6.45) is 7.56. The van der Waals surface area contributed by atoms with Gasteiger partial charge in [-0.05, 0) is 37.5 Å². The van der Waals surface area contributed by atoms with Crippen molar-refractivity contribution in [3.63, 3.8) is 0 Å². The number of rotatable bonds is 7. The van der Waals surface area contributed by atoms with Crippen molar-refractivity contribution >= 4 is 0 Å². The van der Waals surface area contributed by atoms with E-state index in [0.29, 0.717) is 12.0 Å². The highest BCUT2D eigenvalue weighted by Crippen LogP contribution is 2.26. The van der Waals surface area contributed by atoms with Crippen LogP contribution >= 0.6 is 0 Å². The van der Waals surface area contributed by atoms with Gasteiger partial charge in [-0.3, -0.25) is 0 Å². The van der Waals surface area contributed by atoms with E-state index in [-0.39, 0.29) is 0 Å². The van der Waals surface area contributed by atoms with E-state index in [0.717, 1.165) is 19.1 Å². The Morgan fingerprint density at radius 1 is 1.40 bits per heavy atom. The molecule has 1 rings (SSSR count). The predicted octanol–water partition coefficient (Wildman–Crippen LogP) is 2.96. The molecule has 0 bridgehead atoms. The molecule has 2 nitrogen and oxygen atoms in total. The molecule has 15 heavy (non-hydrogen) atoms. The maximum absolute atomic E-state index is 6.01. The third-order valence-electron chi connectivity index (χ3n) is 3.53. The van der Waals surface area contributed by atoms with Crippen LogP contribution in [0.5, 0.6) is 0 Å². The first-order chi connectivity index (χ1) is 7.24. The SMILES string of the molecule is CCCC(C)COCCC1CCCC1N. The summed E-state index contributed by atoms with van der Waals surface area (Å²) in [7, 11) is 0. The van der Waals surface area contributed by atoms with Gasteiger partial charge in [0, 0.05) is 19.3 Å². The van der Waals surface area contributed by atoms with E-state index >= 15 is 0 Å². The number of hydrogen-bond acceptors (Lipinski definition) is 2. The number of nitrogens with two attached hydrogens (primary N) is 1. The Bertz CT molecular complexity index is 161. The van der Waals surface area contributed by atoms with Gasteiger partial charge < -0.3 is 10.5 Å². The molecule has 1 aliphatic rings. The van der Waals surface area contributed by atoms with Gasteiger partial charge in [-0.1, -0.05) is 26.7 Å². The average molecular weight is 213 g/mol. The molecule has 3 atom stereocenters. The largest absolute Gasteiger partial charge is 0.381 e. The van der Waals surface area contributed by atoms with Crippen LogP contribution < -0.4 is 5.73 Å². The first kappa shape index (κ1) is 13.0. The van der Waals surface area contributed by atoms with Crippen LogP contribution in [-0.2, 0) is 4.74 Å². The Morgan fingerprint density at radius 3 is 2.80 bits per heavy atom. The molecule has 0 heterocycles. The maximum Gasteiger partial charge on any atom is 0.0491 e. The minimum atomic E-state index is 0.446. The Kier molecular flexibility index (Phi) is 6.26. The van der Waals surface area contributed by atoms with Gasteiger partial charge >= 0.3 is 0 Å². The van der Waals surface area contributed by atoms with Crippen molar-refractivity contribution in [3.8, 4) is 0 Å². The van der Waals surface area contributed by atoms with E-state index in [4.69, 9.17) is 10.5 Å². The highest BCUT2D eigenvalue weighted by Gasteiger charge is 2.23. The van der Waals surface area contributed by atoms with E-state index < -0.39 is 0 Å². The smallest absolute Gasteiger partial charge is 0.0491 e. The van der Waals surface area contributed by atoms with Crippen molar-refractivity contribution in [1.29, 1.82) is 0 Å². The summed E-state index contributed by atoms with van der Waals surface area (Å²) in [6, 6.07) is 0.446. The molecular formula is C13H27NO. The van der Waals surface area contributed by atoms with Gasteiger partial charge in [0.15, 0.2) is 0 Å². The van der Waals surface area contributed by atoms with Crippen molar-refractivity contribution in [2.75, 3.05) is 13.2 Å². The lowest BCUT2D eigenvalue weighted by Gasteiger charge is -2.16. The molecule has 0 aromatic rings. The average Bonchev–Trinajstić information content (AvgIpc) is 2.60. The molecule has 0 aromatic carbocycles. The lowest BCUT2D eigenvalue weighted by Crippen LogP contribution is -2.25. The van der Waals surface area contributed by atoms with Gasteiger partial charge in [0.25, 0.3) is 0 Å². The van der Waals surface area contributed by atoms with E-state index in [2.05, 4.69) is 13.8 Å². The summed E-state index contributed by atoms with van der Waals surface area (Å²) < 4.78 is 5.70. The molecule has 90 valence electrons. The summed E-state index contributed by atoms with van der Waals surface area (Å²) in [6.45, 7) is 6.33. The predicted molar refractivity (Wildman–Crippen MR) is 64.8 cm³/mol. The topological polar surface area (TPSA) is 35.2 Å². The van der Waals surface area contributed by atoms with Crippen LogP contribution in [0.2, 0.25) is 0 Å². The molecule has 1 saturated carbocycles. The Morgan fingerprint density at radius 2 is 2.20 bits per heavy atom. The van der Waals surface area contributed by atoms with Crippen LogP contribution in [0.4, 0.5) is 0 Å². The Hall–Kier alpha value is -0.0800. The molecule has 1 fully saturated rings. The summed E-state index contributed by atoms with van der Waals surface area (Å²) in [5, 5.41) is 0. The standard InChI is InChI=1S/C13H27NO/c1-3-5-11(2)10-15-9-8-12-6-4-7-13(12)14/h11-13H,3-10,14H2,1-2H3. The van der Waals surface area contributed by atoms with Crippen molar-refractivity contribution in [1.82, 2.24) is 0 Å². The number of ether oxygens (including phenoxy) is 1. The zero-order valence-electron chi connectivity index (χ0n) is 10.4. The zero-order valence-corrected chi connectivity index (χ0v) is 10.4. The first-order valence-electron chi connectivity index (χ1n) is 6.57. The quantitative estimate of drug-likeness (QED) is 0.660. The fraction of sp³-hybridized carbons (Fsp3) is 1.00. The molecular weight excluding hydrogens is 186 g/mol. The number of hydrogen-bond donors (Lipinski definition) is 1. The second kappa shape index (κ2) is 7.24. The van der Waals surface area contributed by atoms with Crippen molar-refractivity contribution < 1.29 is 4.74 Å². The summed E-state index contributed by atoms with van der Waals surface area (Å²) in [5.74, 6) is 1.44. The molecule has 3 unspecified atom stereocenters. The van der Waals surface area contributed by atoms with Crippen molar-refractivity contribution in [3.05, 3.63) is 0 Å². The molecule has 2 heteroatoms. The van der Waals surface area contributed by atoms with Crippen LogP contribution in [0.3, 0.4) is 0 Å². The van der Waals surface area contributed by atoms with Crippen molar-refractivity contribution in [2.24, 2.45) is 17.6 Å². The minimum absolute atomic E-state index is 0.446. The van der Waals surface area contributed by atoms with Gasteiger partial charge in [-0.25, -0.2) is 0 Å². The summed E-state index contributed by atoms with van der Waals surface area (Å²) in [4.78, 5) is 0. The van der Waals surface area contributed by atoms with Gasteiger partial charge in [0.05, 0.1) is 0 Å². The summed E-state index contributed by atoms with van der Waals surface area (Å²) >= 11 is 0. The van der Waals surface area contributed by atoms with Gasteiger partial charge in [-0.15, -0.1) is 0 Å². The first-order valence-corrected chi connectivity index (χ1v) is 6.57. The molecule has 0 saturated heterocycles. The Balaban J connectivity index is 1.96. The second-order valence-electron chi connectivity index (χ2n) is 5.11. The molecule has 0 spiro atoms. The van der Waals surface area contributed by atoms with Crippen LogP contribution in [0.25, 0.3) is 0 Å². The van der Waals surface area contributed by atoms with Crippen LogP contribution in [0, 0.1) is 11.8 Å². The summed E-state index contributed by atoms with van der Waals surface area (Å²) in [5.41, 5.74) is 6.01. The third-order valence-corrected chi connectivity index (χ3v) is 3.53. The lowest BCUT2D eigenvalue weighted by atomic mass is 10.0. The fourth-order valence-corrected chi connectivity index (χ4v) is 2.52. The zero-order chi connectivity index (χ0) is 11.1. The van der Waals surface area contributed by atoms with Gasteiger partial charge in [0.2, 0.25) is 0 Å². The molecule has 0 aromatic heterocycles. The fourth-order valence-electron chi connectivity index (χ4n) is 2.52. The van der Waals surface area contributed by atoms with E-state index in [9.17, 15) is 0 Å². The third kappa shape index (κ3) is 4.98. The highest BCUT2D eigenvalue weighted by molar-refractivity contribution is 4.79. The molecule has 0 amide bonds. The molecule has 1 aliphatic carbocycles. The highest BCUT2D eigenvalue weighted by atomic mass is 16.5. The monoisotopic (exact) mass is 213 g/mol.